The van der Waals surface area contributed by atoms with E-state index < -0.39 is 10.6 Å². The normalized spacial score (nSPS) is 16.9. The van der Waals surface area contributed by atoms with Gasteiger partial charge in [0.2, 0.25) is 0 Å². The van der Waals surface area contributed by atoms with Crippen LogP contribution in [-0.2, 0) is 13.0 Å². The fourth-order valence-electron chi connectivity index (χ4n) is 3.78. The predicted octanol–water partition coefficient (Wildman–Crippen LogP) is 4.30. The van der Waals surface area contributed by atoms with Crippen molar-refractivity contribution in [2.75, 3.05) is 35.6 Å². The van der Waals surface area contributed by atoms with E-state index in [2.05, 4.69) is 41.4 Å². The van der Waals surface area contributed by atoms with E-state index in [4.69, 9.17) is 10.7 Å². The Kier molecular flexibility index (Phi) is 5.65. The van der Waals surface area contributed by atoms with Gasteiger partial charge in [-0.05, 0) is 35.7 Å². The summed E-state index contributed by atoms with van der Waals surface area (Å²) in [6, 6.07) is 16.0. The Labute approximate surface area is 173 Å². The summed E-state index contributed by atoms with van der Waals surface area (Å²) in [6.45, 7) is 4.48. The van der Waals surface area contributed by atoms with E-state index in [0.29, 0.717) is 36.8 Å². The van der Waals surface area contributed by atoms with Crippen LogP contribution < -0.4 is 16.0 Å². The van der Waals surface area contributed by atoms with Crippen LogP contribution in [0.25, 0.3) is 10.9 Å². The Balaban J connectivity index is 1.77. The lowest BCUT2D eigenvalue weighted by molar-refractivity contribution is 0.488. The molecule has 154 valence electrons. The predicted molar refractivity (Wildman–Crippen MR) is 122 cm³/mol. The number of nitrogens with zero attached hydrogens (tertiary/aromatic N) is 2. The largest absolute Gasteiger partial charge is 0.383 e. The number of nitrogens with one attached hydrogen (secondary N) is 1. The number of benzene rings is 2. The van der Waals surface area contributed by atoms with Gasteiger partial charge in [-0.2, -0.15) is 10.6 Å². The van der Waals surface area contributed by atoms with E-state index in [1.807, 2.05) is 24.3 Å². The molecule has 4 rings (SSSR count). The minimum atomic E-state index is -2.80. The van der Waals surface area contributed by atoms with Crippen molar-refractivity contribution < 1.29 is 9.11 Å². The zero-order valence-electron chi connectivity index (χ0n) is 16.6. The Morgan fingerprint density at radius 1 is 1.17 bits per heavy atom. The molecule has 1 aliphatic heterocycles. The van der Waals surface area contributed by atoms with Gasteiger partial charge in [0.05, 0.1) is 16.2 Å². The van der Waals surface area contributed by atoms with Crippen LogP contribution >= 0.6 is 10.6 Å². The zero-order chi connectivity index (χ0) is 20.4. The third kappa shape index (κ3) is 4.04. The van der Waals surface area contributed by atoms with E-state index in [1.165, 1.54) is 5.56 Å². The molecular formula is C22H28N4O2S. The summed E-state index contributed by atoms with van der Waals surface area (Å²) in [7, 11) is -2.80. The maximum absolute atomic E-state index is 10.6. The lowest BCUT2D eigenvalue weighted by Gasteiger charge is -2.32. The third-order valence-electron chi connectivity index (χ3n) is 5.38. The Hall–Kier alpha value is -2.32. The molecule has 0 unspecified atom stereocenters. The molecule has 3 aromatic rings. The standard InChI is InChI=1S/C22H28N4O2S/c1-2-16-7-8-19-18(13-16)20(24-10-9-23)14-22(25-19)26-11-12-29(27,28)21-6-4-3-5-17(21)15-26/h3-8,13-14,27-28H,2,9-12,15,23H2,1H3,(H,24,25). The molecule has 6 nitrogen and oxygen atoms in total. The molecule has 1 aromatic heterocycles. The molecule has 0 radical (unpaired) electrons. The lowest BCUT2D eigenvalue weighted by Crippen LogP contribution is -2.26. The number of aromatic nitrogens is 1. The number of rotatable bonds is 5. The van der Waals surface area contributed by atoms with Crippen molar-refractivity contribution in [2.45, 2.75) is 24.8 Å². The maximum atomic E-state index is 10.6. The number of nitrogens with two attached hydrogens (primary N) is 1. The second-order valence-electron chi connectivity index (χ2n) is 7.35. The Morgan fingerprint density at radius 3 is 2.79 bits per heavy atom. The van der Waals surface area contributed by atoms with E-state index in [1.54, 1.807) is 0 Å². The maximum Gasteiger partial charge on any atom is 0.131 e. The molecule has 0 atom stereocenters. The smallest absolute Gasteiger partial charge is 0.131 e. The fourth-order valence-corrected chi connectivity index (χ4v) is 5.32. The van der Waals surface area contributed by atoms with Crippen LogP contribution in [0.4, 0.5) is 11.5 Å². The first kappa shape index (κ1) is 20.0. The molecule has 0 aliphatic carbocycles. The zero-order valence-corrected chi connectivity index (χ0v) is 17.5. The van der Waals surface area contributed by atoms with Gasteiger partial charge in [0.15, 0.2) is 0 Å². The summed E-state index contributed by atoms with van der Waals surface area (Å²) < 4.78 is 21.3. The summed E-state index contributed by atoms with van der Waals surface area (Å²) in [5.41, 5.74) is 9.85. The van der Waals surface area contributed by atoms with Gasteiger partial charge in [0.1, 0.15) is 5.82 Å². The van der Waals surface area contributed by atoms with E-state index in [-0.39, 0.29) is 0 Å². The van der Waals surface area contributed by atoms with Crippen LogP contribution in [0, 0.1) is 0 Å². The molecule has 0 bridgehead atoms. The second-order valence-corrected chi connectivity index (χ2v) is 9.53. The highest BCUT2D eigenvalue weighted by Crippen LogP contribution is 2.51. The molecule has 5 N–H and O–H groups in total. The molecule has 2 aromatic carbocycles. The van der Waals surface area contributed by atoms with Crippen molar-refractivity contribution in [1.29, 1.82) is 0 Å². The molecule has 29 heavy (non-hydrogen) atoms. The highest BCUT2D eigenvalue weighted by Gasteiger charge is 2.26. The molecule has 1 aliphatic rings. The molecule has 0 saturated heterocycles. The van der Waals surface area contributed by atoms with Gasteiger partial charge in [-0.3, -0.25) is 9.11 Å². The average Bonchev–Trinajstić information content (AvgIpc) is 2.87. The van der Waals surface area contributed by atoms with Crippen molar-refractivity contribution in [3.05, 3.63) is 59.7 Å². The van der Waals surface area contributed by atoms with Crippen LogP contribution in [0.3, 0.4) is 0 Å². The van der Waals surface area contributed by atoms with E-state index >= 15 is 0 Å². The quantitative estimate of drug-likeness (QED) is 0.499. The average molecular weight is 413 g/mol. The molecule has 0 spiro atoms. The number of hydrogen-bond acceptors (Lipinski definition) is 6. The third-order valence-corrected chi connectivity index (χ3v) is 7.24. The number of pyridine rings is 1. The Bertz CT molecular complexity index is 1020. The SMILES string of the molecule is CCc1ccc2nc(N3CCS(O)(O)c4ccccc4C3)cc(NCCN)c2c1. The summed E-state index contributed by atoms with van der Waals surface area (Å²) >= 11 is 0. The van der Waals surface area contributed by atoms with Gasteiger partial charge in [-0.1, -0.05) is 31.2 Å². The molecule has 0 fully saturated rings. The van der Waals surface area contributed by atoms with Gasteiger partial charge in [0.25, 0.3) is 0 Å². The van der Waals surface area contributed by atoms with E-state index in [0.717, 1.165) is 34.4 Å². The van der Waals surface area contributed by atoms with Gasteiger partial charge in [-0.15, -0.1) is 0 Å². The molecule has 0 saturated carbocycles. The molecule has 7 heteroatoms. The summed E-state index contributed by atoms with van der Waals surface area (Å²) in [6.07, 6.45) is 0.967. The number of aryl methyl sites for hydroxylation is 1. The van der Waals surface area contributed by atoms with Crippen LogP contribution in [0.5, 0.6) is 0 Å². The second kappa shape index (κ2) is 8.20. The fraction of sp³-hybridized carbons (Fsp3) is 0.318. The minimum Gasteiger partial charge on any atom is -0.383 e. The summed E-state index contributed by atoms with van der Waals surface area (Å²) in [4.78, 5) is 7.68. The number of hydrogen-bond donors (Lipinski definition) is 4. The first-order valence-electron chi connectivity index (χ1n) is 9.98. The molecule has 2 heterocycles. The van der Waals surface area contributed by atoms with Crippen LogP contribution in [0.1, 0.15) is 18.1 Å². The van der Waals surface area contributed by atoms with Gasteiger partial charge in [0, 0.05) is 43.3 Å². The van der Waals surface area contributed by atoms with Crippen molar-refractivity contribution >= 4 is 33.0 Å². The first-order chi connectivity index (χ1) is 14.0. The number of fused-ring (bicyclic) bond motifs is 2. The first-order valence-corrected chi connectivity index (χ1v) is 11.7. The van der Waals surface area contributed by atoms with Crippen LogP contribution in [0.15, 0.2) is 53.4 Å². The van der Waals surface area contributed by atoms with Crippen molar-refractivity contribution in [1.82, 2.24) is 4.98 Å². The van der Waals surface area contributed by atoms with Crippen LogP contribution in [0.2, 0.25) is 0 Å². The monoisotopic (exact) mass is 412 g/mol. The van der Waals surface area contributed by atoms with Crippen LogP contribution in [-0.4, -0.2) is 39.5 Å². The summed E-state index contributed by atoms with van der Waals surface area (Å²) in [5, 5.41) is 4.52. The van der Waals surface area contributed by atoms with Crippen molar-refractivity contribution in [3.63, 3.8) is 0 Å². The minimum absolute atomic E-state index is 0.296. The molecular weight excluding hydrogens is 384 g/mol. The number of anilines is 2. The van der Waals surface area contributed by atoms with Gasteiger partial charge in [-0.25, -0.2) is 4.98 Å². The van der Waals surface area contributed by atoms with Crippen molar-refractivity contribution in [3.8, 4) is 0 Å². The van der Waals surface area contributed by atoms with Crippen molar-refractivity contribution in [2.24, 2.45) is 5.73 Å². The Morgan fingerprint density at radius 2 is 2.00 bits per heavy atom. The van der Waals surface area contributed by atoms with Gasteiger partial charge >= 0.3 is 0 Å². The highest BCUT2D eigenvalue weighted by molar-refractivity contribution is 8.24. The lowest BCUT2D eigenvalue weighted by atomic mass is 10.1. The van der Waals surface area contributed by atoms with Gasteiger partial charge < -0.3 is 16.0 Å². The highest BCUT2D eigenvalue weighted by atomic mass is 32.3. The topological polar surface area (TPSA) is 94.6 Å². The molecule has 0 amide bonds. The van der Waals surface area contributed by atoms with E-state index in [9.17, 15) is 9.11 Å². The summed E-state index contributed by atoms with van der Waals surface area (Å²) in [5.74, 6) is 1.12.